The van der Waals surface area contributed by atoms with E-state index in [1.54, 1.807) is 0 Å². The Kier molecular flexibility index (Phi) is 5.58. The highest BCUT2D eigenvalue weighted by Gasteiger charge is 2.21. The monoisotopic (exact) mass is 214 g/mol. The maximum absolute atomic E-state index is 5.72. The average molecular weight is 214 g/mol. The molecule has 0 aliphatic carbocycles. The molecule has 1 aliphatic rings. The Morgan fingerprint density at radius 2 is 1.87 bits per heavy atom. The van der Waals surface area contributed by atoms with Crippen LogP contribution in [0.2, 0.25) is 0 Å². The van der Waals surface area contributed by atoms with Gasteiger partial charge < -0.3 is 10.5 Å². The lowest BCUT2D eigenvalue weighted by atomic mass is 10.1. The van der Waals surface area contributed by atoms with Gasteiger partial charge in [-0.1, -0.05) is 6.42 Å². The summed E-state index contributed by atoms with van der Waals surface area (Å²) in [6.07, 6.45) is 4.44. The minimum absolute atomic E-state index is 0.354. The molecule has 90 valence electrons. The summed E-state index contributed by atoms with van der Waals surface area (Å²) in [6.45, 7) is 9.77. The quantitative estimate of drug-likeness (QED) is 0.707. The topological polar surface area (TPSA) is 38.5 Å². The molecule has 0 saturated carbocycles. The molecule has 1 aliphatic heterocycles. The van der Waals surface area contributed by atoms with E-state index in [2.05, 4.69) is 25.7 Å². The molecule has 0 radical (unpaired) electrons. The average Bonchev–Trinajstić information content (AvgIpc) is 2.10. The van der Waals surface area contributed by atoms with Crippen LogP contribution in [0.5, 0.6) is 0 Å². The van der Waals surface area contributed by atoms with Gasteiger partial charge in [0.15, 0.2) is 0 Å². The summed E-state index contributed by atoms with van der Waals surface area (Å²) in [6, 6.07) is 0.354. The summed E-state index contributed by atoms with van der Waals surface area (Å²) in [4.78, 5) is 2.51. The van der Waals surface area contributed by atoms with Crippen LogP contribution in [0.4, 0.5) is 0 Å². The van der Waals surface area contributed by atoms with Crippen LogP contribution in [-0.2, 0) is 4.74 Å². The maximum atomic E-state index is 5.72. The second kappa shape index (κ2) is 6.46. The Morgan fingerprint density at radius 3 is 2.40 bits per heavy atom. The highest BCUT2D eigenvalue weighted by Crippen LogP contribution is 2.11. The van der Waals surface area contributed by atoms with E-state index in [0.29, 0.717) is 18.2 Å². The predicted molar refractivity (Wildman–Crippen MR) is 63.9 cm³/mol. The predicted octanol–water partition coefficient (Wildman–Crippen LogP) is 1.61. The molecule has 0 amide bonds. The first-order valence-corrected chi connectivity index (χ1v) is 6.21. The molecular weight excluding hydrogens is 188 g/mol. The van der Waals surface area contributed by atoms with Crippen molar-refractivity contribution in [2.24, 2.45) is 5.73 Å². The molecule has 2 N–H and O–H groups in total. The van der Waals surface area contributed by atoms with Crippen molar-refractivity contribution in [1.82, 2.24) is 4.90 Å². The number of hydrogen-bond acceptors (Lipinski definition) is 3. The standard InChI is InChI=1S/C12H26N2O/c1-10(13)6-4-5-7-14-8-11(2)15-12(3)9-14/h10-12H,4-9,13H2,1-3H3. The van der Waals surface area contributed by atoms with Crippen LogP contribution in [0, 0.1) is 0 Å². The summed E-state index contributed by atoms with van der Waals surface area (Å²) in [5, 5.41) is 0. The molecule has 3 heteroatoms. The van der Waals surface area contributed by atoms with Gasteiger partial charge in [0, 0.05) is 19.1 Å². The van der Waals surface area contributed by atoms with E-state index in [1.165, 1.54) is 19.4 Å². The molecule has 3 unspecified atom stereocenters. The molecule has 0 bridgehead atoms. The Balaban J connectivity index is 2.10. The summed E-state index contributed by atoms with van der Waals surface area (Å²) in [7, 11) is 0. The highest BCUT2D eigenvalue weighted by molar-refractivity contribution is 4.72. The first kappa shape index (κ1) is 12.9. The van der Waals surface area contributed by atoms with Crippen LogP contribution in [0.3, 0.4) is 0 Å². The lowest BCUT2D eigenvalue weighted by Crippen LogP contribution is -2.45. The molecule has 3 atom stereocenters. The fraction of sp³-hybridized carbons (Fsp3) is 1.00. The zero-order valence-electron chi connectivity index (χ0n) is 10.4. The van der Waals surface area contributed by atoms with Crippen molar-refractivity contribution in [3.8, 4) is 0 Å². The Bertz CT molecular complexity index is 163. The zero-order valence-corrected chi connectivity index (χ0v) is 10.4. The van der Waals surface area contributed by atoms with E-state index in [-0.39, 0.29) is 0 Å². The largest absolute Gasteiger partial charge is 0.373 e. The molecule has 0 aromatic rings. The van der Waals surface area contributed by atoms with Gasteiger partial charge in [0.1, 0.15) is 0 Å². The summed E-state index contributed by atoms with van der Waals surface area (Å²) < 4.78 is 5.70. The van der Waals surface area contributed by atoms with Crippen molar-refractivity contribution in [3.63, 3.8) is 0 Å². The summed E-state index contributed by atoms with van der Waals surface area (Å²) >= 11 is 0. The second-order valence-electron chi connectivity index (χ2n) is 4.99. The smallest absolute Gasteiger partial charge is 0.0678 e. The van der Waals surface area contributed by atoms with Crippen LogP contribution in [0.25, 0.3) is 0 Å². The van der Waals surface area contributed by atoms with Gasteiger partial charge in [-0.2, -0.15) is 0 Å². The third-order valence-corrected chi connectivity index (χ3v) is 2.88. The minimum Gasteiger partial charge on any atom is -0.373 e. The second-order valence-corrected chi connectivity index (χ2v) is 4.99. The van der Waals surface area contributed by atoms with Crippen LogP contribution >= 0.6 is 0 Å². The van der Waals surface area contributed by atoms with Crippen molar-refractivity contribution in [2.45, 2.75) is 58.3 Å². The number of nitrogens with two attached hydrogens (primary N) is 1. The summed E-state index contributed by atoms with van der Waals surface area (Å²) in [5.74, 6) is 0. The number of morpholine rings is 1. The minimum atomic E-state index is 0.354. The van der Waals surface area contributed by atoms with E-state index in [4.69, 9.17) is 10.5 Å². The van der Waals surface area contributed by atoms with E-state index in [1.807, 2.05) is 0 Å². The van der Waals surface area contributed by atoms with E-state index < -0.39 is 0 Å². The number of ether oxygens (including phenoxy) is 1. The van der Waals surface area contributed by atoms with E-state index in [0.717, 1.165) is 19.5 Å². The number of rotatable bonds is 5. The molecule has 3 nitrogen and oxygen atoms in total. The highest BCUT2D eigenvalue weighted by atomic mass is 16.5. The molecule has 1 saturated heterocycles. The van der Waals surface area contributed by atoms with Crippen LogP contribution in [-0.4, -0.2) is 42.8 Å². The van der Waals surface area contributed by atoms with Crippen LogP contribution in [0.15, 0.2) is 0 Å². The molecule has 0 aromatic heterocycles. The van der Waals surface area contributed by atoms with Gasteiger partial charge in [0.05, 0.1) is 12.2 Å². The molecule has 0 spiro atoms. The SMILES string of the molecule is CC(N)CCCCN1CC(C)OC(C)C1. The lowest BCUT2D eigenvalue weighted by Gasteiger charge is -2.35. The van der Waals surface area contributed by atoms with Gasteiger partial charge in [-0.05, 0) is 40.2 Å². The van der Waals surface area contributed by atoms with Gasteiger partial charge in [0.2, 0.25) is 0 Å². The normalized spacial score (nSPS) is 30.4. The van der Waals surface area contributed by atoms with Crippen LogP contribution < -0.4 is 5.73 Å². The van der Waals surface area contributed by atoms with E-state index in [9.17, 15) is 0 Å². The zero-order chi connectivity index (χ0) is 11.3. The fourth-order valence-electron chi connectivity index (χ4n) is 2.27. The Morgan fingerprint density at radius 1 is 1.27 bits per heavy atom. The van der Waals surface area contributed by atoms with Gasteiger partial charge in [-0.15, -0.1) is 0 Å². The van der Waals surface area contributed by atoms with Crippen molar-refractivity contribution in [1.29, 1.82) is 0 Å². The van der Waals surface area contributed by atoms with Gasteiger partial charge in [-0.25, -0.2) is 0 Å². The Labute approximate surface area is 94.0 Å². The Hall–Kier alpha value is -0.120. The van der Waals surface area contributed by atoms with Gasteiger partial charge in [0.25, 0.3) is 0 Å². The number of hydrogen-bond donors (Lipinski definition) is 1. The third-order valence-electron chi connectivity index (χ3n) is 2.88. The fourth-order valence-corrected chi connectivity index (χ4v) is 2.27. The molecule has 1 fully saturated rings. The van der Waals surface area contributed by atoms with Gasteiger partial charge >= 0.3 is 0 Å². The number of unbranched alkanes of at least 4 members (excludes halogenated alkanes) is 1. The van der Waals surface area contributed by atoms with Crippen molar-refractivity contribution < 1.29 is 4.74 Å². The third kappa shape index (κ3) is 5.50. The summed E-state index contributed by atoms with van der Waals surface area (Å²) in [5.41, 5.74) is 5.72. The maximum Gasteiger partial charge on any atom is 0.0678 e. The van der Waals surface area contributed by atoms with Crippen molar-refractivity contribution in [2.75, 3.05) is 19.6 Å². The molecule has 1 rings (SSSR count). The van der Waals surface area contributed by atoms with Crippen molar-refractivity contribution >= 4 is 0 Å². The molecular formula is C12H26N2O. The van der Waals surface area contributed by atoms with E-state index >= 15 is 0 Å². The number of nitrogens with zero attached hydrogens (tertiary/aromatic N) is 1. The first-order chi connectivity index (χ1) is 7.08. The lowest BCUT2D eigenvalue weighted by molar-refractivity contribution is -0.0681. The molecule has 1 heterocycles. The van der Waals surface area contributed by atoms with Gasteiger partial charge in [-0.3, -0.25) is 4.90 Å². The molecule has 15 heavy (non-hydrogen) atoms. The molecule has 0 aromatic carbocycles. The van der Waals surface area contributed by atoms with Crippen molar-refractivity contribution in [3.05, 3.63) is 0 Å². The first-order valence-electron chi connectivity index (χ1n) is 6.21. The van der Waals surface area contributed by atoms with Crippen LogP contribution in [0.1, 0.15) is 40.0 Å².